The zero-order valence-corrected chi connectivity index (χ0v) is 18.7. The molecule has 0 atom stereocenters. The number of rotatable bonds is 5. The molecule has 1 fully saturated rings. The molecule has 168 valence electrons. The Morgan fingerprint density at radius 3 is 2.44 bits per heavy atom. The smallest absolute Gasteiger partial charge is 0.251 e. The Morgan fingerprint density at radius 1 is 1.12 bits per heavy atom. The van der Waals surface area contributed by atoms with Gasteiger partial charge in [-0.1, -0.05) is 17.4 Å². The van der Waals surface area contributed by atoms with Crippen molar-refractivity contribution in [1.29, 1.82) is 0 Å². The molecule has 0 N–H and O–H groups in total. The maximum absolute atomic E-state index is 13.6. The lowest BCUT2D eigenvalue weighted by molar-refractivity contribution is -0.122. The van der Waals surface area contributed by atoms with E-state index in [1.807, 2.05) is 0 Å². The van der Waals surface area contributed by atoms with Crippen LogP contribution in [0.2, 0.25) is 0 Å². The summed E-state index contributed by atoms with van der Waals surface area (Å²) >= 11 is 1.22. The van der Waals surface area contributed by atoms with Crippen LogP contribution in [-0.4, -0.2) is 36.3 Å². The van der Waals surface area contributed by atoms with Crippen molar-refractivity contribution in [3.63, 3.8) is 0 Å². The number of carbonyl (C=O) groups excluding carboxylic acids is 1. The molecule has 6 nitrogen and oxygen atoms in total. The lowest BCUT2D eigenvalue weighted by Gasteiger charge is -2.29. The minimum atomic E-state index is -3.75. The number of fused-ring (bicyclic) bond motifs is 1. The van der Waals surface area contributed by atoms with Gasteiger partial charge in [-0.25, -0.2) is 17.2 Å². The largest absolute Gasteiger partial charge is 0.313 e. The Morgan fingerprint density at radius 2 is 1.78 bits per heavy atom. The molecule has 2 heterocycles. The van der Waals surface area contributed by atoms with Crippen LogP contribution in [0.4, 0.5) is 8.78 Å². The molecule has 3 aromatic rings. The summed E-state index contributed by atoms with van der Waals surface area (Å²) in [5.41, 5.74) is 0.767. The molecule has 1 aliphatic rings. The van der Waals surface area contributed by atoms with Gasteiger partial charge in [0, 0.05) is 25.6 Å². The molecular weight excluding hydrogens is 456 g/mol. The van der Waals surface area contributed by atoms with Crippen molar-refractivity contribution in [2.45, 2.75) is 24.3 Å². The summed E-state index contributed by atoms with van der Waals surface area (Å²) in [6.45, 7) is 4.51. The maximum Gasteiger partial charge on any atom is 0.251 e. The van der Waals surface area contributed by atoms with Gasteiger partial charge in [0.25, 0.3) is 5.91 Å². The molecule has 0 aliphatic carbocycles. The predicted molar refractivity (Wildman–Crippen MR) is 118 cm³/mol. The second-order valence-electron chi connectivity index (χ2n) is 7.48. The molecule has 0 spiro atoms. The third-order valence-corrected chi connectivity index (χ3v) is 8.37. The van der Waals surface area contributed by atoms with Crippen LogP contribution in [-0.2, 0) is 21.4 Å². The van der Waals surface area contributed by atoms with Gasteiger partial charge in [-0.3, -0.25) is 4.79 Å². The number of hydrogen-bond donors (Lipinski definition) is 0. The minimum absolute atomic E-state index is 0.0244. The van der Waals surface area contributed by atoms with E-state index in [0.29, 0.717) is 28.9 Å². The molecule has 0 bridgehead atoms. The van der Waals surface area contributed by atoms with Gasteiger partial charge in [-0.15, -0.1) is 6.58 Å². The van der Waals surface area contributed by atoms with Crippen molar-refractivity contribution in [3.8, 4) is 0 Å². The summed E-state index contributed by atoms with van der Waals surface area (Å²) in [6, 6.07) is 9.10. The number of benzene rings is 2. The number of allylic oxidation sites excluding steroid dienone is 1. The van der Waals surface area contributed by atoms with Crippen molar-refractivity contribution < 1.29 is 22.0 Å². The maximum atomic E-state index is 13.6. The quantitative estimate of drug-likeness (QED) is 0.526. The molecule has 0 unspecified atom stereocenters. The summed E-state index contributed by atoms with van der Waals surface area (Å²) in [6.07, 6.45) is 2.35. The van der Waals surface area contributed by atoms with E-state index >= 15 is 0 Å². The SMILES string of the molecule is C=CCn1c(=NC(=O)C2CCN(S(=O)(=O)c3ccc(F)cc3)CC2)sc2cc(F)ccc21. The lowest BCUT2D eigenvalue weighted by Crippen LogP contribution is -2.40. The number of carbonyl (C=O) groups is 1. The van der Waals surface area contributed by atoms with Gasteiger partial charge < -0.3 is 4.57 Å². The summed E-state index contributed by atoms with van der Waals surface area (Å²) < 4.78 is 56.0. The van der Waals surface area contributed by atoms with E-state index in [1.165, 1.54) is 39.9 Å². The molecule has 0 radical (unpaired) electrons. The third kappa shape index (κ3) is 4.43. The molecule has 4 rings (SSSR count). The van der Waals surface area contributed by atoms with Crippen molar-refractivity contribution in [3.05, 3.63) is 71.6 Å². The first-order valence-electron chi connectivity index (χ1n) is 10.0. The van der Waals surface area contributed by atoms with Crippen molar-refractivity contribution in [1.82, 2.24) is 8.87 Å². The molecular formula is C22H21F2N3O3S2. The number of piperidine rings is 1. The first-order valence-corrected chi connectivity index (χ1v) is 12.3. The molecule has 32 heavy (non-hydrogen) atoms. The summed E-state index contributed by atoms with van der Waals surface area (Å²) in [4.78, 5) is 17.6. The third-order valence-electron chi connectivity index (χ3n) is 5.42. The average Bonchev–Trinajstić information content (AvgIpc) is 3.10. The van der Waals surface area contributed by atoms with Crippen molar-refractivity contribution in [2.75, 3.05) is 13.1 Å². The van der Waals surface area contributed by atoms with E-state index < -0.39 is 21.8 Å². The molecule has 1 aromatic heterocycles. The summed E-state index contributed by atoms with van der Waals surface area (Å²) in [5, 5.41) is 0. The fourth-order valence-electron chi connectivity index (χ4n) is 3.72. The van der Waals surface area contributed by atoms with Crippen molar-refractivity contribution >= 4 is 37.5 Å². The molecule has 1 saturated heterocycles. The molecule has 0 saturated carbocycles. The van der Waals surface area contributed by atoms with Gasteiger partial charge in [0.1, 0.15) is 11.6 Å². The second-order valence-corrected chi connectivity index (χ2v) is 10.4. The Bertz CT molecular complexity index is 1340. The Balaban J connectivity index is 1.53. The minimum Gasteiger partial charge on any atom is -0.313 e. The fraction of sp³-hybridized carbons (Fsp3) is 0.273. The Labute approximate surface area is 188 Å². The zero-order chi connectivity index (χ0) is 22.9. The van der Waals surface area contributed by atoms with Gasteiger partial charge in [0.2, 0.25) is 10.0 Å². The van der Waals surface area contributed by atoms with E-state index in [0.717, 1.165) is 17.6 Å². The highest BCUT2D eigenvalue weighted by Crippen LogP contribution is 2.25. The monoisotopic (exact) mass is 477 g/mol. The van der Waals surface area contributed by atoms with Crippen LogP contribution in [0.15, 0.2) is 65.0 Å². The fourth-order valence-corrected chi connectivity index (χ4v) is 6.26. The first kappa shape index (κ1) is 22.5. The van der Waals surface area contributed by atoms with E-state index in [-0.39, 0.29) is 29.7 Å². The standard InChI is InChI=1S/C22H21F2N3O3S2/c1-2-11-27-19-8-5-17(24)14-20(19)31-22(27)25-21(28)15-9-12-26(13-10-15)32(29,30)18-6-3-16(23)4-7-18/h2-8,14-15H,1,9-13H2. The topological polar surface area (TPSA) is 71.7 Å². The summed E-state index contributed by atoms with van der Waals surface area (Å²) in [7, 11) is -3.75. The zero-order valence-electron chi connectivity index (χ0n) is 17.1. The normalized spacial score (nSPS) is 16.5. The van der Waals surface area contributed by atoms with E-state index in [2.05, 4.69) is 11.6 Å². The first-order chi connectivity index (χ1) is 15.3. The van der Waals surface area contributed by atoms with Gasteiger partial charge in [-0.2, -0.15) is 9.30 Å². The van der Waals surface area contributed by atoms with Gasteiger partial charge >= 0.3 is 0 Å². The predicted octanol–water partition coefficient (Wildman–Crippen LogP) is 3.70. The van der Waals surface area contributed by atoms with Gasteiger partial charge in [0.05, 0.1) is 15.1 Å². The molecule has 10 heteroatoms. The van der Waals surface area contributed by atoms with Gasteiger partial charge in [-0.05, 0) is 55.3 Å². The number of nitrogens with zero attached hydrogens (tertiary/aromatic N) is 3. The van der Waals surface area contributed by atoms with E-state index in [9.17, 15) is 22.0 Å². The Hall–Kier alpha value is -2.69. The lowest BCUT2D eigenvalue weighted by atomic mass is 9.98. The highest BCUT2D eigenvalue weighted by atomic mass is 32.2. The van der Waals surface area contributed by atoms with Crippen molar-refractivity contribution in [2.24, 2.45) is 10.9 Å². The van der Waals surface area contributed by atoms with Crippen LogP contribution in [0, 0.1) is 17.6 Å². The number of thiazole rings is 1. The number of amides is 1. The number of halogens is 2. The van der Waals surface area contributed by atoms with E-state index in [4.69, 9.17) is 0 Å². The Kier molecular flexibility index (Phi) is 6.36. The van der Waals surface area contributed by atoms with Crippen LogP contribution in [0.1, 0.15) is 12.8 Å². The van der Waals surface area contributed by atoms with Crippen LogP contribution in [0.25, 0.3) is 10.2 Å². The number of aromatic nitrogens is 1. The molecule has 2 aromatic carbocycles. The van der Waals surface area contributed by atoms with Gasteiger partial charge in [0.15, 0.2) is 4.80 Å². The second kappa shape index (κ2) is 9.05. The highest BCUT2D eigenvalue weighted by Gasteiger charge is 2.32. The molecule has 1 aliphatic heterocycles. The van der Waals surface area contributed by atoms with Crippen LogP contribution in [0.3, 0.4) is 0 Å². The van der Waals surface area contributed by atoms with Crippen LogP contribution < -0.4 is 4.80 Å². The van der Waals surface area contributed by atoms with E-state index in [1.54, 1.807) is 16.7 Å². The average molecular weight is 478 g/mol. The van der Waals surface area contributed by atoms with Crippen LogP contribution >= 0.6 is 11.3 Å². The number of sulfonamides is 1. The number of hydrogen-bond acceptors (Lipinski definition) is 4. The molecule has 1 amide bonds. The summed E-state index contributed by atoms with van der Waals surface area (Å²) in [5.74, 6) is -1.60. The highest BCUT2D eigenvalue weighted by molar-refractivity contribution is 7.89. The van der Waals surface area contributed by atoms with Crippen LogP contribution in [0.5, 0.6) is 0 Å².